The van der Waals surface area contributed by atoms with Gasteiger partial charge < -0.3 is 10.4 Å². The lowest BCUT2D eigenvalue weighted by atomic mass is 10.1. The van der Waals surface area contributed by atoms with Crippen molar-refractivity contribution in [3.8, 4) is 0 Å². The van der Waals surface area contributed by atoms with E-state index in [0.29, 0.717) is 16.1 Å². The number of carbonyl (C=O) groups is 2. The summed E-state index contributed by atoms with van der Waals surface area (Å²) in [6.07, 6.45) is -0.00752. The van der Waals surface area contributed by atoms with Crippen LogP contribution in [0, 0.1) is 5.82 Å². The van der Waals surface area contributed by atoms with Crippen molar-refractivity contribution in [1.82, 2.24) is 5.32 Å². The van der Waals surface area contributed by atoms with Gasteiger partial charge in [-0.05, 0) is 42.0 Å². The number of hydrogen-bond donors (Lipinski definition) is 2. The van der Waals surface area contributed by atoms with Gasteiger partial charge in [-0.25, -0.2) is 9.18 Å². The number of hydrogen-bond acceptors (Lipinski definition) is 2. The van der Waals surface area contributed by atoms with E-state index in [-0.39, 0.29) is 6.42 Å². The molecule has 0 radical (unpaired) electrons. The molecule has 0 aliphatic rings. The van der Waals surface area contributed by atoms with Crippen LogP contribution in [0.1, 0.15) is 15.9 Å². The highest BCUT2D eigenvalue weighted by Gasteiger charge is 2.21. The molecule has 0 fully saturated rings. The molecule has 6 heteroatoms. The Hall–Kier alpha value is -2.40. The maximum Gasteiger partial charge on any atom is 0.326 e. The van der Waals surface area contributed by atoms with Gasteiger partial charge in [0, 0.05) is 17.0 Å². The molecule has 2 N–H and O–H groups in total. The predicted octanol–water partition coefficient (Wildman–Crippen LogP) is 2.90. The smallest absolute Gasteiger partial charge is 0.326 e. The van der Waals surface area contributed by atoms with Crippen molar-refractivity contribution in [3.63, 3.8) is 0 Å². The Labute approximate surface area is 131 Å². The molecule has 0 aromatic heterocycles. The molecule has 1 amide bonds. The van der Waals surface area contributed by atoms with Crippen molar-refractivity contribution >= 4 is 23.5 Å². The van der Waals surface area contributed by atoms with E-state index in [2.05, 4.69) is 5.32 Å². The van der Waals surface area contributed by atoms with Gasteiger partial charge >= 0.3 is 5.97 Å². The number of nitrogens with one attached hydrogen (secondary N) is 1. The molecule has 0 aliphatic carbocycles. The van der Waals surface area contributed by atoms with Crippen LogP contribution >= 0.6 is 11.6 Å². The summed E-state index contributed by atoms with van der Waals surface area (Å²) in [7, 11) is 0. The highest BCUT2D eigenvalue weighted by molar-refractivity contribution is 6.30. The molecular formula is C16H13ClFNO3. The largest absolute Gasteiger partial charge is 0.480 e. The summed E-state index contributed by atoms with van der Waals surface area (Å²) in [5.74, 6) is -2.17. The molecule has 0 unspecified atom stereocenters. The Balaban J connectivity index is 2.10. The minimum absolute atomic E-state index is 0.00752. The van der Waals surface area contributed by atoms with Gasteiger partial charge in [0.15, 0.2) is 0 Å². The molecule has 0 bridgehead atoms. The molecule has 0 heterocycles. The normalized spacial score (nSPS) is 11.7. The lowest BCUT2D eigenvalue weighted by Gasteiger charge is -2.15. The summed E-state index contributed by atoms with van der Waals surface area (Å²) < 4.78 is 13.1. The highest BCUT2D eigenvalue weighted by atomic mass is 35.5. The number of halogens is 2. The third-order valence-electron chi connectivity index (χ3n) is 3.04. The fourth-order valence-electron chi connectivity index (χ4n) is 1.94. The molecule has 0 saturated carbocycles. The highest BCUT2D eigenvalue weighted by Crippen LogP contribution is 2.11. The van der Waals surface area contributed by atoms with Gasteiger partial charge in [-0.2, -0.15) is 0 Å². The Morgan fingerprint density at radius 1 is 1.18 bits per heavy atom. The summed E-state index contributed by atoms with van der Waals surface area (Å²) in [6, 6.07) is 10.5. The van der Waals surface area contributed by atoms with Crippen LogP contribution in [0.25, 0.3) is 0 Å². The van der Waals surface area contributed by atoms with E-state index in [4.69, 9.17) is 11.6 Å². The number of benzene rings is 2. The summed E-state index contributed by atoms with van der Waals surface area (Å²) in [4.78, 5) is 23.3. The van der Waals surface area contributed by atoms with Crippen molar-refractivity contribution in [2.45, 2.75) is 12.5 Å². The minimum Gasteiger partial charge on any atom is -0.480 e. The van der Waals surface area contributed by atoms with Crippen molar-refractivity contribution in [3.05, 3.63) is 70.5 Å². The van der Waals surface area contributed by atoms with Crippen molar-refractivity contribution in [1.29, 1.82) is 0 Å². The van der Waals surface area contributed by atoms with Gasteiger partial charge in [0.2, 0.25) is 0 Å². The van der Waals surface area contributed by atoms with Crippen LogP contribution in [0.15, 0.2) is 48.5 Å². The second kappa shape index (κ2) is 7.04. The van der Waals surface area contributed by atoms with Crippen molar-refractivity contribution in [2.24, 2.45) is 0 Å². The van der Waals surface area contributed by atoms with E-state index in [9.17, 15) is 19.1 Å². The average Bonchev–Trinajstić information content (AvgIpc) is 2.47. The first-order valence-corrected chi connectivity index (χ1v) is 6.87. The Bertz CT molecular complexity index is 688. The first-order valence-electron chi connectivity index (χ1n) is 6.49. The van der Waals surface area contributed by atoms with E-state index in [0.717, 1.165) is 0 Å². The SMILES string of the molecule is O=C(N[C@H](Cc1cccc(F)c1)C(=O)O)c1ccc(Cl)cc1. The van der Waals surface area contributed by atoms with Gasteiger partial charge in [-0.3, -0.25) is 4.79 Å². The fourth-order valence-corrected chi connectivity index (χ4v) is 2.07. The molecule has 2 aromatic carbocycles. The van der Waals surface area contributed by atoms with Crippen molar-refractivity contribution < 1.29 is 19.1 Å². The predicted molar refractivity (Wildman–Crippen MR) is 80.4 cm³/mol. The van der Waals surface area contributed by atoms with E-state index in [1.807, 2.05) is 0 Å². The Morgan fingerprint density at radius 3 is 2.45 bits per heavy atom. The van der Waals surface area contributed by atoms with Crippen LogP contribution in [-0.4, -0.2) is 23.0 Å². The number of aliphatic carboxylic acids is 1. The Morgan fingerprint density at radius 2 is 1.86 bits per heavy atom. The Kier molecular flexibility index (Phi) is 5.12. The van der Waals surface area contributed by atoms with Crippen LogP contribution in [0.3, 0.4) is 0 Å². The number of carboxylic acids is 1. The fraction of sp³-hybridized carbons (Fsp3) is 0.125. The first kappa shape index (κ1) is 16.0. The maximum atomic E-state index is 13.1. The van der Waals surface area contributed by atoms with Gasteiger partial charge in [0.05, 0.1) is 0 Å². The molecule has 4 nitrogen and oxygen atoms in total. The van der Waals surface area contributed by atoms with E-state index in [1.54, 1.807) is 18.2 Å². The lowest BCUT2D eigenvalue weighted by molar-refractivity contribution is -0.139. The second-order valence-corrected chi connectivity index (χ2v) is 5.14. The van der Waals surface area contributed by atoms with E-state index < -0.39 is 23.7 Å². The van der Waals surface area contributed by atoms with Crippen LogP contribution in [0.2, 0.25) is 5.02 Å². The number of rotatable bonds is 5. The quantitative estimate of drug-likeness (QED) is 0.890. The number of amides is 1. The molecule has 0 saturated heterocycles. The third-order valence-corrected chi connectivity index (χ3v) is 3.29. The molecule has 0 aliphatic heterocycles. The topological polar surface area (TPSA) is 66.4 Å². The number of carbonyl (C=O) groups excluding carboxylic acids is 1. The summed E-state index contributed by atoms with van der Waals surface area (Å²) >= 11 is 5.73. The average molecular weight is 322 g/mol. The van der Waals surface area contributed by atoms with Crippen molar-refractivity contribution in [2.75, 3.05) is 0 Å². The molecular weight excluding hydrogens is 309 g/mol. The van der Waals surface area contributed by atoms with Crippen LogP contribution in [0.4, 0.5) is 4.39 Å². The van der Waals surface area contributed by atoms with Gasteiger partial charge in [-0.15, -0.1) is 0 Å². The summed E-state index contributed by atoms with van der Waals surface area (Å²) in [5.41, 5.74) is 0.790. The zero-order valence-corrected chi connectivity index (χ0v) is 12.2. The second-order valence-electron chi connectivity index (χ2n) is 4.71. The molecule has 1 atom stereocenters. The lowest BCUT2D eigenvalue weighted by Crippen LogP contribution is -2.42. The standard InChI is InChI=1S/C16H13ClFNO3/c17-12-6-4-11(5-7-12)15(20)19-14(16(21)22)9-10-2-1-3-13(18)8-10/h1-8,14H,9H2,(H,19,20)(H,21,22)/t14-/m1/s1. The maximum absolute atomic E-state index is 13.1. The summed E-state index contributed by atoms with van der Waals surface area (Å²) in [5, 5.41) is 12.1. The van der Waals surface area contributed by atoms with Gasteiger partial charge in [-0.1, -0.05) is 23.7 Å². The molecule has 0 spiro atoms. The third kappa shape index (κ3) is 4.30. The van der Waals surface area contributed by atoms with Crippen LogP contribution < -0.4 is 5.32 Å². The van der Waals surface area contributed by atoms with Crippen LogP contribution in [0.5, 0.6) is 0 Å². The van der Waals surface area contributed by atoms with Gasteiger partial charge in [0.1, 0.15) is 11.9 Å². The molecule has 2 rings (SSSR count). The monoisotopic (exact) mass is 321 g/mol. The molecule has 2 aromatic rings. The van der Waals surface area contributed by atoms with E-state index in [1.165, 1.54) is 30.3 Å². The minimum atomic E-state index is -1.19. The zero-order chi connectivity index (χ0) is 16.1. The van der Waals surface area contributed by atoms with Crippen LogP contribution in [-0.2, 0) is 11.2 Å². The first-order chi connectivity index (χ1) is 10.5. The summed E-state index contributed by atoms with van der Waals surface area (Å²) in [6.45, 7) is 0. The van der Waals surface area contributed by atoms with E-state index >= 15 is 0 Å². The molecule has 22 heavy (non-hydrogen) atoms. The number of carboxylic acid groups (broad SMARTS) is 1. The molecule has 114 valence electrons. The van der Waals surface area contributed by atoms with Gasteiger partial charge in [0.25, 0.3) is 5.91 Å². The zero-order valence-electron chi connectivity index (χ0n) is 11.4.